The van der Waals surface area contributed by atoms with Crippen molar-refractivity contribution in [3.63, 3.8) is 0 Å². The number of aromatic nitrogens is 3. The van der Waals surface area contributed by atoms with Crippen molar-refractivity contribution in [3.8, 4) is 11.3 Å². The number of carbonyl (C=O) groups is 1. The lowest BCUT2D eigenvalue weighted by molar-refractivity contribution is -0.142. The Kier molecular flexibility index (Phi) is 6.07. The van der Waals surface area contributed by atoms with E-state index in [9.17, 15) is 18.0 Å². The van der Waals surface area contributed by atoms with Gasteiger partial charge in [-0.25, -0.2) is 4.98 Å². The van der Waals surface area contributed by atoms with Crippen LogP contribution in [0.2, 0.25) is 0 Å². The van der Waals surface area contributed by atoms with Gasteiger partial charge in [0.25, 0.3) is 0 Å². The highest BCUT2D eigenvalue weighted by Crippen LogP contribution is 2.37. The zero-order valence-electron chi connectivity index (χ0n) is 14.1. The Labute approximate surface area is 158 Å². The van der Waals surface area contributed by atoms with E-state index in [2.05, 4.69) is 14.7 Å². The molecule has 0 aliphatic heterocycles. The van der Waals surface area contributed by atoms with Crippen molar-refractivity contribution in [2.45, 2.75) is 18.6 Å². The smallest absolute Gasteiger partial charge is 0.418 e. The second kappa shape index (κ2) is 7.93. The Bertz CT molecular complexity index is 959. The number of ether oxygens (including phenoxy) is 1. The Balaban J connectivity index is 0.00000261. The third-order valence-corrected chi connectivity index (χ3v) is 3.93. The van der Waals surface area contributed by atoms with E-state index >= 15 is 0 Å². The van der Waals surface area contributed by atoms with Gasteiger partial charge in [0, 0.05) is 36.3 Å². The number of fused-ring (bicyclic) bond motifs is 1. The predicted molar refractivity (Wildman–Crippen MR) is 94.4 cm³/mol. The quantitative estimate of drug-likeness (QED) is 0.681. The largest absolute Gasteiger partial charge is 0.468 e. The Morgan fingerprint density at radius 1 is 1.26 bits per heavy atom. The van der Waals surface area contributed by atoms with Crippen molar-refractivity contribution in [1.29, 1.82) is 0 Å². The maximum absolute atomic E-state index is 13.3. The molecule has 3 heterocycles. The average Bonchev–Trinajstić information content (AvgIpc) is 3.10. The number of nitrogens with zero attached hydrogens (tertiary/aromatic N) is 3. The van der Waals surface area contributed by atoms with E-state index < -0.39 is 23.8 Å². The maximum atomic E-state index is 13.3. The second-order valence-electron chi connectivity index (χ2n) is 5.59. The minimum atomic E-state index is -4.54. The molecule has 0 saturated heterocycles. The molecule has 144 valence electrons. The second-order valence-corrected chi connectivity index (χ2v) is 5.59. The summed E-state index contributed by atoms with van der Waals surface area (Å²) in [5.41, 5.74) is 5.87. The van der Waals surface area contributed by atoms with Gasteiger partial charge in [-0.15, -0.1) is 12.4 Å². The zero-order valence-corrected chi connectivity index (χ0v) is 14.9. The summed E-state index contributed by atoms with van der Waals surface area (Å²) in [5, 5.41) is 0. The number of nitrogens with two attached hydrogens (primary N) is 1. The minimum absolute atomic E-state index is 0. The first kappa shape index (κ1) is 20.7. The highest BCUT2D eigenvalue weighted by molar-refractivity contribution is 5.85. The van der Waals surface area contributed by atoms with E-state index in [4.69, 9.17) is 5.73 Å². The molecule has 10 heteroatoms. The Hall–Kier alpha value is -2.65. The fourth-order valence-electron chi connectivity index (χ4n) is 2.73. The summed E-state index contributed by atoms with van der Waals surface area (Å²) in [5.74, 6) is -0.577. The molecule has 0 aliphatic carbocycles. The third kappa shape index (κ3) is 4.04. The van der Waals surface area contributed by atoms with Crippen LogP contribution in [0.25, 0.3) is 16.9 Å². The molecule has 0 radical (unpaired) electrons. The Morgan fingerprint density at radius 2 is 2.00 bits per heavy atom. The van der Waals surface area contributed by atoms with Crippen LogP contribution in [-0.4, -0.2) is 33.5 Å². The van der Waals surface area contributed by atoms with Crippen LogP contribution in [0.4, 0.5) is 13.2 Å². The molecule has 0 amide bonds. The molecule has 0 bridgehead atoms. The van der Waals surface area contributed by atoms with Crippen LogP contribution < -0.4 is 5.73 Å². The van der Waals surface area contributed by atoms with Crippen LogP contribution in [0.15, 0.2) is 42.9 Å². The number of rotatable bonds is 4. The number of pyridine rings is 2. The first-order valence-corrected chi connectivity index (χ1v) is 7.64. The summed E-state index contributed by atoms with van der Waals surface area (Å²) >= 11 is 0. The zero-order chi connectivity index (χ0) is 18.9. The maximum Gasteiger partial charge on any atom is 0.418 e. The number of carbonyl (C=O) groups excluding carboxylic acids is 1. The summed E-state index contributed by atoms with van der Waals surface area (Å²) in [7, 11) is 1.23. The van der Waals surface area contributed by atoms with Gasteiger partial charge in [0.15, 0.2) is 0 Å². The van der Waals surface area contributed by atoms with E-state index in [-0.39, 0.29) is 30.1 Å². The predicted octanol–water partition coefficient (Wildman–Crippen LogP) is 2.88. The van der Waals surface area contributed by atoms with Gasteiger partial charge in [-0.1, -0.05) is 0 Å². The number of esters is 1. The molecule has 0 fully saturated rings. The van der Waals surface area contributed by atoms with Gasteiger partial charge in [0.1, 0.15) is 11.7 Å². The lowest BCUT2D eigenvalue weighted by Crippen LogP contribution is -2.34. The molecule has 0 saturated carbocycles. The summed E-state index contributed by atoms with van der Waals surface area (Å²) in [6, 6.07) is 4.42. The number of hydrogen-bond acceptors (Lipinski definition) is 5. The lowest BCUT2D eigenvalue weighted by Gasteiger charge is -2.15. The van der Waals surface area contributed by atoms with Crippen LogP contribution in [-0.2, 0) is 22.1 Å². The number of halogens is 4. The SMILES string of the molecule is COC(=O)[C@@H](N)Cc1ccc(-c2ncccc2C(F)(F)F)c2nccn12.Cl. The summed E-state index contributed by atoms with van der Waals surface area (Å²) in [4.78, 5) is 19.6. The number of methoxy groups -OCH3 is 1. The molecule has 27 heavy (non-hydrogen) atoms. The molecule has 0 aromatic carbocycles. The van der Waals surface area contributed by atoms with Gasteiger partial charge < -0.3 is 14.9 Å². The molecule has 2 N–H and O–H groups in total. The van der Waals surface area contributed by atoms with E-state index in [0.29, 0.717) is 11.3 Å². The van der Waals surface area contributed by atoms with Gasteiger partial charge in [0.2, 0.25) is 0 Å². The number of alkyl halides is 3. The van der Waals surface area contributed by atoms with Crippen LogP contribution in [0, 0.1) is 0 Å². The molecule has 3 aromatic rings. The lowest BCUT2D eigenvalue weighted by atomic mass is 10.0. The number of imidazole rings is 1. The normalized spacial score (nSPS) is 12.5. The molecule has 0 spiro atoms. The minimum Gasteiger partial charge on any atom is -0.468 e. The van der Waals surface area contributed by atoms with E-state index in [1.807, 2.05) is 0 Å². The summed E-state index contributed by atoms with van der Waals surface area (Å²) < 4.78 is 46.1. The highest BCUT2D eigenvalue weighted by atomic mass is 35.5. The van der Waals surface area contributed by atoms with Gasteiger partial charge in [-0.05, 0) is 24.3 Å². The molecule has 6 nitrogen and oxygen atoms in total. The first-order valence-electron chi connectivity index (χ1n) is 7.64. The highest BCUT2D eigenvalue weighted by Gasteiger charge is 2.35. The number of hydrogen-bond donors (Lipinski definition) is 1. The molecule has 0 aliphatic rings. The van der Waals surface area contributed by atoms with Crippen LogP contribution >= 0.6 is 12.4 Å². The van der Waals surface area contributed by atoms with Crippen molar-refractivity contribution in [2.24, 2.45) is 5.73 Å². The van der Waals surface area contributed by atoms with E-state index in [0.717, 1.165) is 6.07 Å². The van der Waals surface area contributed by atoms with Crippen molar-refractivity contribution in [3.05, 3.63) is 54.1 Å². The Morgan fingerprint density at radius 3 is 2.67 bits per heavy atom. The topological polar surface area (TPSA) is 82.5 Å². The summed E-state index contributed by atoms with van der Waals surface area (Å²) in [6.45, 7) is 0. The third-order valence-electron chi connectivity index (χ3n) is 3.93. The van der Waals surface area contributed by atoms with Gasteiger partial charge in [-0.2, -0.15) is 13.2 Å². The van der Waals surface area contributed by atoms with E-state index in [1.54, 1.807) is 16.7 Å². The standard InChI is InChI=1S/C17H15F3N4O2.ClH/c1-26-16(25)13(21)9-10-4-5-11(15-23-7-8-24(10)15)14-12(17(18,19)20)3-2-6-22-14;/h2-8,13H,9,21H2,1H3;1H/t13-;/m0./s1. The van der Waals surface area contributed by atoms with Gasteiger partial charge in [0.05, 0.1) is 18.4 Å². The average molecular weight is 401 g/mol. The monoisotopic (exact) mass is 400 g/mol. The summed E-state index contributed by atoms with van der Waals surface area (Å²) in [6.07, 6.45) is -0.0467. The molecule has 1 atom stereocenters. The van der Waals surface area contributed by atoms with Crippen molar-refractivity contribution in [1.82, 2.24) is 14.4 Å². The molecular formula is C17H16ClF3N4O2. The molecular weight excluding hydrogens is 385 g/mol. The van der Waals surface area contributed by atoms with Gasteiger partial charge >= 0.3 is 12.1 Å². The molecule has 3 rings (SSSR count). The van der Waals surface area contributed by atoms with Crippen molar-refractivity contribution < 1.29 is 22.7 Å². The van der Waals surface area contributed by atoms with E-state index in [1.165, 1.54) is 31.6 Å². The fraction of sp³-hybridized carbons (Fsp3) is 0.235. The molecule has 0 unspecified atom stereocenters. The van der Waals surface area contributed by atoms with Crippen LogP contribution in [0.1, 0.15) is 11.3 Å². The first-order chi connectivity index (χ1) is 12.3. The molecule has 3 aromatic heterocycles. The van der Waals surface area contributed by atoms with Crippen LogP contribution in [0.3, 0.4) is 0 Å². The van der Waals surface area contributed by atoms with Crippen molar-refractivity contribution in [2.75, 3.05) is 7.11 Å². The van der Waals surface area contributed by atoms with Gasteiger partial charge in [-0.3, -0.25) is 9.78 Å². The fourth-order valence-corrected chi connectivity index (χ4v) is 2.73. The van der Waals surface area contributed by atoms with Crippen molar-refractivity contribution >= 4 is 24.0 Å². The van der Waals surface area contributed by atoms with Crippen LogP contribution in [0.5, 0.6) is 0 Å².